The number of hydrogen-bond acceptors (Lipinski definition) is 6. The Morgan fingerprint density at radius 1 is 0.629 bits per heavy atom. The summed E-state index contributed by atoms with van der Waals surface area (Å²) in [7, 11) is -11.3. The van der Waals surface area contributed by atoms with Crippen LogP contribution in [0.1, 0.15) is 71.1 Å². The van der Waals surface area contributed by atoms with E-state index in [9.17, 15) is 43.2 Å². The van der Waals surface area contributed by atoms with Crippen molar-refractivity contribution >= 4 is 20.0 Å². The van der Waals surface area contributed by atoms with E-state index in [-0.39, 0.29) is 13.2 Å². The average Bonchev–Trinajstić information content (AvgIpc) is 2.68. The second-order valence-corrected chi connectivity index (χ2v) is 11.8. The van der Waals surface area contributed by atoms with Gasteiger partial charge in [-0.1, -0.05) is 58.3 Å². The Hall–Kier alpha value is -0.680. The van der Waals surface area contributed by atoms with Gasteiger partial charge >= 0.3 is 11.0 Å². The smallest absolute Gasteiger partial charge is 0.421 e. The molecule has 0 saturated carbocycles. The van der Waals surface area contributed by atoms with Crippen LogP contribution >= 0.6 is 0 Å². The lowest BCUT2D eigenvalue weighted by molar-refractivity contribution is -0.910. The van der Waals surface area contributed by atoms with Crippen LogP contribution in [0.2, 0.25) is 0 Å². The minimum atomic E-state index is -6.72. The van der Waals surface area contributed by atoms with E-state index in [1.54, 1.807) is 0 Å². The number of aliphatic hydroxyl groups excluding tert-OH is 2. The molecule has 0 aromatic heterocycles. The van der Waals surface area contributed by atoms with Crippen LogP contribution in [0.3, 0.4) is 0 Å². The number of unbranched alkanes of at least 4 members (excludes halogenated alkanes) is 9. The van der Waals surface area contributed by atoms with Crippen molar-refractivity contribution in [1.82, 2.24) is 0 Å². The molecule has 0 aliphatic carbocycles. The van der Waals surface area contributed by atoms with Crippen LogP contribution in [0.15, 0.2) is 0 Å². The Labute approximate surface area is 204 Å². The summed E-state index contributed by atoms with van der Waals surface area (Å²) in [4.78, 5) is 0. The summed E-state index contributed by atoms with van der Waals surface area (Å²) in [6.45, 7) is 5.30. The van der Waals surface area contributed by atoms with E-state index in [0.29, 0.717) is 0 Å². The third-order valence-electron chi connectivity index (χ3n) is 5.11. The number of likely N-dealkylation sites (N-methyl/N-ethyl adjacent to an activating group) is 1. The van der Waals surface area contributed by atoms with E-state index in [1.165, 1.54) is 64.2 Å². The van der Waals surface area contributed by atoms with Crippen molar-refractivity contribution in [3.8, 4) is 0 Å². The highest BCUT2D eigenvalue weighted by Gasteiger charge is 2.46. The SMILES string of the molecule is CCCCCCCCCCCC[N+](C)(CCO)CCO.O=S(=O)([N-]S(=O)(=O)C(F)(F)F)C(F)(F)F. The van der Waals surface area contributed by atoms with Gasteiger partial charge in [0.2, 0.25) is 0 Å². The summed E-state index contributed by atoms with van der Waals surface area (Å²) in [5, 5.41) is 18.2. The number of hydrogen-bond donors (Lipinski definition) is 2. The maximum atomic E-state index is 11.4. The molecule has 16 heteroatoms. The van der Waals surface area contributed by atoms with Crippen molar-refractivity contribution in [2.75, 3.05) is 39.9 Å². The predicted molar refractivity (Wildman–Crippen MR) is 120 cm³/mol. The van der Waals surface area contributed by atoms with Crippen LogP contribution in [0.25, 0.3) is 4.13 Å². The van der Waals surface area contributed by atoms with Gasteiger partial charge in [-0.2, -0.15) is 26.3 Å². The molecule has 0 unspecified atom stereocenters. The molecule has 0 aromatic rings. The maximum absolute atomic E-state index is 11.4. The Kier molecular flexibility index (Phi) is 17.7. The molecular formula is C19H38F6N2O6S2. The van der Waals surface area contributed by atoms with Crippen molar-refractivity contribution in [2.45, 2.75) is 82.1 Å². The molecular weight excluding hydrogens is 530 g/mol. The van der Waals surface area contributed by atoms with Crippen molar-refractivity contribution in [2.24, 2.45) is 0 Å². The van der Waals surface area contributed by atoms with Gasteiger partial charge in [0.15, 0.2) is 20.0 Å². The molecule has 0 bridgehead atoms. The van der Waals surface area contributed by atoms with Crippen molar-refractivity contribution < 1.29 is 57.9 Å². The van der Waals surface area contributed by atoms with Crippen LogP contribution in [-0.2, 0) is 20.0 Å². The third-order valence-corrected chi connectivity index (χ3v) is 7.85. The zero-order valence-electron chi connectivity index (χ0n) is 20.1. The third kappa shape index (κ3) is 16.6. The number of aliphatic hydroxyl groups is 2. The van der Waals surface area contributed by atoms with E-state index in [4.69, 9.17) is 10.2 Å². The molecule has 8 nitrogen and oxygen atoms in total. The van der Waals surface area contributed by atoms with E-state index in [1.807, 2.05) is 0 Å². The van der Waals surface area contributed by atoms with Gasteiger partial charge in [-0.05, 0) is 12.8 Å². The molecule has 0 spiro atoms. The summed E-state index contributed by atoms with van der Waals surface area (Å²) >= 11 is 0. The number of quaternary nitrogens is 1. The summed E-state index contributed by atoms with van der Waals surface area (Å²) in [6.07, 6.45) is 13.6. The van der Waals surface area contributed by atoms with Crippen LogP contribution < -0.4 is 0 Å². The van der Waals surface area contributed by atoms with E-state index >= 15 is 0 Å². The lowest BCUT2D eigenvalue weighted by atomic mass is 10.1. The molecule has 0 saturated heterocycles. The van der Waals surface area contributed by atoms with Crippen LogP contribution in [0, 0.1) is 0 Å². The molecule has 35 heavy (non-hydrogen) atoms. The minimum Gasteiger partial charge on any atom is -0.421 e. The molecule has 0 radical (unpaired) electrons. The van der Waals surface area contributed by atoms with Gasteiger partial charge < -0.3 is 18.8 Å². The molecule has 0 rings (SSSR count). The predicted octanol–water partition coefficient (Wildman–Crippen LogP) is 4.40. The first kappa shape index (κ1) is 36.5. The fourth-order valence-corrected chi connectivity index (χ4v) is 4.72. The van der Waals surface area contributed by atoms with Crippen LogP contribution in [0.5, 0.6) is 0 Å². The molecule has 0 fully saturated rings. The van der Waals surface area contributed by atoms with E-state index < -0.39 is 31.1 Å². The second kappa shape index (κ2) is 16.9. The number of sulfonamides is 2. The quantitative estimate of drug-likeness (QED) is 0.152. The Morgan fingerprint density at radius 2 is 0.943 bits per heavy atom. The van der Waals surface area contributed by atoms with Gasteiger partial charge in [0, 0.05) is 0 Å². The second-order valence-electron chi connectivity index (χ2n) is 8.34. The van der Waals surface area contributed by atoms with Gasteiger partial charge in [0.25, 0.3) is 0 Å². The largest absolute Gasteiger partial charge is 0.480 e. The van der Waals surface area contributed by atoms with Gasteiger partial charge in [-0.3, -0.25) is 0 Å². The summed E-state index contributed by atoms with van der Waals surface area (Å²) in [5.74, 6) is 0. The lowest BCUT2D eigenvalue weighted by Crippen LogP contribution is -2.48. The highest BCUT2D eigenvalue weighted by Crippen LogP contribution is 2.36. The standard InChI is InChI=1S/C17H38NO2.C2F6NO4S2/c1-3-4-5-6-7-8-9-10-11-12-13-18(2,14-16-19)15-17-20;3-1(4,5)14(10,11)9-15(12,13)2(6,7)8/h19-20H,3-17H2,1-2H3;/q+1;-1. The Bertz CT molecular complexity index is 711. The highest BCUT2D eigenvalue weighted by molar-refractivity contribution is 8.13. The molecule has 2 N–H and O–H groups in total. The van der Waals surface area contributed by atoms with Crippen LogP contribution in [0.4, 0.5) is 26.3 Å². The lowest BCUT2D eigenvalue weighted by Gasteiger charge is -2.33. The Balaban J connectivity index is 0. The normalized spacial score (nSPS) is 13.4. The van der Waals surface area contributed by atoms with E-state index in [0.717, 1.165) is 28.2 Å². The Morgan fingerprint density at radius 3 is 1.23 bits per heavy atom. The zero-order chi connectivity index (χ0) is 27.8. The minimum absolute atomic E-state index is 0.217. The summed E-state index contributed by atoms with van der Waals surface area (Å²) in [6, 6.07) is 0. The monoisotopic (exact) mass is 568 g/mol. The van der Waals surface area contributed by atoms with Crippen molar-refractivity contribution in [3.05, 3.63) is 4.13 Å². The molecule has 0 aliphatic heterocycles. The highest BCUT2D eigenvalue weighted by atomic mass is 32.3. The van der Waals surface area contributed by atoms with Gasteiger partial charge in [-0.15, -0.1) is 0 Å². The number of rotatable bonds is 17. The average molecular weight is 569 g/mol. The number of halogens is 6. The first-order chi connectivity index (χ1) is 15.9. The fourth-order valence-electron chi connectivity index (χ4n) is 3.01. The first-order valence-corrected chi connectivity index (χ1v) is 14.2. The summed E-state index contributed by atoms with van der Waals surface area (Å²) < 4.78 is 110. The van der Waals surface area contributed by atoms with E-state index in [2.05, 4.69) is 14.0 Å². The molecule has 0 amide bonds. The van der Waals surface area contributed by atoms with Crippen molar-refractivity contribution in [1.29, 1.82) is 0 Å². The molecule has 0 aliphatic rings. The first-order valence-electron chi connectivity index (χ1n) is 11.3. The van der Waals surface area contributed by atoms with Gasteiger partial charge in [0.05, 0.1) is 26.8 Å². The van der Waals surface area contributed by atoms with Gasteiger partial charge in [0.1, 0.15) is 13.1 Å². The molecule has 0 atom stereocenters. The zero-order valence-corrected chi connectivity index (χ0v) is 21.7. The molecule has 214 valence electrons. The fraction of sp³-hybridized carbons (Fsp3) is 1.00. The van der Waals surface area contributed by atoms with Crippen molar-refractivity contribution in [3.63, 3.8) is 0 Å². The maximum Gasteiger partial charge on any atom is 0.480 e. The number of alkyl halides is 6. The van der Waals surface area contributed by atoms with Gasteiger partial charge in [-0.25, -0.2) is 16.8 Å². The number of nitrogens with zero attached hydrogens (tertiary/aromatic N) is 2. The topological polar surface area (TPSA) is 123 Å². The molecule has 0 aromatic carbocycles. The summed E-state index contributed by atoms with van der Waals surface area (Å²) in [5.41, 5.74) is -12.4. The van der Waals surface area contributed by atoms with Crippen LogP contribution in [-0.4, -0.2) is 82.4 Å². The molecule has 0 heterocycles.